The van der Waals surface area contributed by atoms with E-state index in [0.717, 1.165) is 18.2 Å². The lowest BCUT2D eigenvalue weighted by Gasteiger charge is -2.10. The van der Waals surface area contributed by atoms with Crippen LogP contribution in [0.5, 0.6) is 0 Å². The zero-order valence-electron chi connectivity index (χ0n) is 9.94. The van der Waals surface area contributed by atoms with Crippen LogP contribution >= 0.6 is 0 Å². The summed E-state index contributed by atoms with van der Waals surface area (Å²) in [6, 6.07) is 8.58. The summed E-state index contributed by atoms with van der Waals surface area (Å²) < 4.78 is 1.99. The largest absolute Gasteiger partial charge is 0.375 e. The first-order valence-electron chi connectivity index (χ1n) is 5.71. The van der Waals surface area contributed by atoms with Gasteiger partial charge in [-0.25, -0.2) is 0 Å². The van der Waals surface area contributed by atoms with Crippen molar-refractivity contribution in [3.8, 4) is 0 Å². The summed E-state index contributed by atoms with van der Waals surface area (Å²) in [5.74, 6) is 1.75. The molecule has 2 aromatic rings. The van der Waals surface area contributed by atoms with Gasteiger partial charge in [-0.1, -0.05) is 18.2 Å². The lowest BCUT2D eigenvalue weighted by Crippen LogP contribution is -2.12. The Labute approximate surface area is 99.9 Å². The molecule has 0 amide bonds. The van der Waals surface area contributed by atoms with E-state index in [1.807, 2.05) is 24.7 Å². The van der Waals surface area contributed by atoms with Gasteiger partial charge in [-0.05, 0) is 11.6 Å². The van der Waals surface area contributed by atoms with Gasteiger partial charge in [0, 0.05) is 26.2 Å². The van der Waals surface area contributed by atoms with Crippen molar-refractivity contribution in [2.24, 2.45) is 7.05 Å². The van der Waals surface area contributed by atoms with Gasteiger partial charge < -0.3 is 10.6 Å². The van der Waals surface area contributed by atoms with Crippen molar-refractivity contribution in [3.05, 3.63) is 35.7 Å². The average Bonchev–Trinajstić information content (AvgIpc) is 2.91. The van der Waals surface area contributed by atoms with Crippen molar-refractivity contribution in [3.63, 3.8) is 0 Å². The number of benzene rings is 1. The van der Waals surface area contributed by atoms with Gasteiger partial charge in [-0.2, -0.15) is 0 Å². The first kappa shape index (κ1) is 10.1. The zero-order chi connectivity index (χ0) is 11.8. The molecule has 2 heterocycles. The maximum absolute atomic E-state index is 4.24. The number of nitrogens with zero attached hydrogens (tertiary/aromatic N) is 3. The molecule has 3 rings (SSSR count). The summed E-state index contributed by atoms with van der Waals surface area (Å²) in [5, 5.41) is 14.8. The fourth-order valence-corrected chi connectivity index (χ4v) is 2.32. The second-order valence-electron chi connectivity index (χ2n) is 4.25. The predicted octanol–water partition coefficient (Wildman–Crippen LogP) is 1.57. The smallest absolute Gasteiger partial charge is 0.224 e. The summed E-state index contributed by atoms with van der Waals surface area (Å²) in [6.45, 7) is 0. The van der Waals surface area contributed by atoms with Gasteiger partial charge in [0.25, 0.3) is 0 Å². The quantitative estimate of drug-likeness (QED) is 0.820. The number of para-hydroxylation sites is 1. The number of nitrogens with one attached hydrogen (secondary N) is 2. The van der Waals surface area contributed by atoms with Gasteiger partial charge in [-0.3, -0.25) is 4.57 Å². The Morgan fingerprint density at radius 3 is 2.88 bits per heavy atom. The van der Waals surface area contributed by atoms with E-state index in [0.29, 0.717) is 0 Å². The second-order valence-corrected chi connectivity index (χ2v) is 4.25. The number of aromatic nitrogens is 3. The Kier molecular flexibility index (Phi) is 2.24. The minimum atomic E-state index is 0.215. The first-order chi connectivity index (χ1) is 8.29. The van der Waals surface area contributed by atoms with E-state index in [1.165, 1.54) is 11.3 Å². The van der Waals surface area contributed by atoms with Crippen LogP contribution in [-0.4, -0.2) is 21.8 Å². The third kappa shape index (κ3) is 1.54. The molecule has 17 heavy (non-hydrogen) atoms. The maximum atomic E-state index is 4.24. The third-order valence-electron chi connectivity index (χ3n) is 3.21. The fraction of sp³-hybridized carbons (Fsp3) is 0.333. The predicted molar refractivity (Wildman–Crippen MR) is 67.1 cm³/mol. The van der Waals surface area contributed by atoms with Gasteiger partial charge in [0.1, 0.15) is 0 Å². The highest BCUT2D eigenvalue weighted by atomic mass is 15.3. The molecular weight excluding hydrogens is 214 g/mol. The molecule has 0 saturated heterocycles. The number of anilines is 2. The molecule has 88 valence electrons. The van der Waals surface area contributed by atoms with Crippen LogP contribution in [0.4, 0.5) is 11.6 Å². The molecule has 0 radical (unpaired) electrons. The van der Waals surface area contributed by atoms with Gasteiger partial charge in [0.05, 0.1) is 6.04 Å². The Balaban J connectivity index is 1.91. The lowest BCUT2D eigenvalue weighted by atomic mass is 10.1. The molecule has 1 atom stereocenters. The Morgan fingerprint density at radius 1 is 1.35 bits per heavy atom. The van der Waals surface area contributed by atoms with Gasteiger partial charge >= 0.3 is 0 Å². The van der Waals surface area contributed by atoms with Crippen LogP contribution in [-0.2, 0) is 13.5 Å². The summed E-state index contributed by atoms with van der Waals surface area (Å²) in [7, 11) is 3.83. The molecule has 1 aliphatic rings. The standard InChI is InChI=1S/C12H15N5/c1-13-12-16-15-11(17(12)2)10-7-8-5-3-4-6-9(8)14-10/h3-6,10,14H,7H2,1-2H3,(H,13,16)/t10-/m0/s1. The number of hydrogen-bond acceptors (Lipinski definition) is 4. The second kappa shape index (κ2) is 3.76. The number of fused-ring (bicyclic) bond motifs is 1. The van der Waals surface area contributed by atoms with Gasteiger partial charge in [-0.15, -0.1) is 10.2 Å². The molecule has 0 fully saturated rings. The molecule has 0 aliphatic carbocycles. The van der Waals surface area contributed by atoms with E-state index in [1.54, 1.807) is 0 Å². The van der Waals surface area contributed by atoms with Crippen molar-refractivity contribution in [2.75, 3.05) is 17.7 Å². The molecule has 0 bridgehead atoms. The van der Waals surface area contributed by atoms with Crippen LogP contribution in [0, 0.1) is 0 Å². The van der Waals surface area contributed by atoms with Gasteiger partial charge in [0.2, 0.25) is 5.95 Å². The third-order valence-corrected chi connectivity index (χ3v) is 3.21. The zero-order valence-corrected chi connectivity index (χ0v) is 9.94. The van der Waals surface area contributed by atoms with Crippen molar-refractivity contribution >= 4 is 11.6 Å². The van der Waals surface area contributed by atoms with Crippen molar-refractivity contribution in [1.82, 2.24) is 14.8 Å². The Bertz CT molecular complexity index is 521. The van der Waals surface area contributed by atoms with E-state index >= 15 is 0 Å². The van der Waals surface area contributed by atoms with E-state index in [-0.39, 0.29) is 6.04 Å². The summed E-state index contributed by atoms with van der Waals surface area (Å²) in [4.78, 5) is 0. The first-order valence-corrected chi connectivity index (χ1v) is 5.71. The molecule has 5 heteroatoms. The molecule has 0 saturated carbocycles. The monoisotopic (exact) mass is 229 g/mol. The highest BCUT2D eigenvalue weighted by molar-refractivity contribution is 5.57. The summed E-state index contributed by atoms with van der Waals surface area (Å²) in [5.41, 5.74) is 2.54. The number of rotatable bonds is 2. The summed E-state index contributed by atoms with van der Waals surface area (Å²) >= 11 is 0. The van der Waals surface area contributed by atoms with Crippen LogP contribution in [0.25, 0.3) is 0 Å². The highest BCUT2D eigenvalue weighted by Crippen LogP contribution is 2.33. The van der Waals surface area contributed by atoms with Crippen molar-refractivity contribution < 1.29 is 0 Å². The van der Waals surface area contributed by atoms with E-state index in [2.05, 4.69) is 39.0 Å². The molecule has 2 N–H and O–H groups in total. The molecule has 0 unspecified atom stereocenters. The lowest BCUT2D eigenvalue weighted by molar-refractivity contribution is 0.693. The fourth-order valence-electron chi connectivity index (χ4n) is 2.32. The maximum Gasteiger partial charge on any atom is 0.224 e. The minimum absolute atomic E-state index is 0.215. The molecule has 1 aromatic heterocycles. The Morgan fingerprint density at radius 2 is 2.18 bits per heavy atom. The van der Waals surface area contributed by atoms with Crippen molar-refractivity contribution in [2.45, 2.75) is 12.5 Å². The average molecular weight is 229 g/mol. The molecule has 0 spiro atoms. The SMILES string of the molecule is CNc1nnc([C@@H]2Cc3ccccc3N2)n1C. The molecule has 1 aliphatic heterocycles. The van der Waals surface area contributed by atoms with Crippen LogP contribution < -0.4 is 10.6 Å². The van der Waals surface area contributed by atoms with Crippen LogP contribution in [0.1, 0.15) is 17.4 Å². The van der Waals surface area contributed by atoms with E-state index in [9.17, 15) is 0 Å². The van der Waals surface area contributed by atoms with Crippen LogP contribution in [0.2, 0.25) is 0 Å². The van der Waals surface area contributed by atoms with Crippen LogP contribution in [0.15, 0.2) is 24.3 Å². The normalized spacial score (nSPS) is 17.6. The Hall–Kier alpha value is -2.04. The van der Waals surface area contributed by atoms with Gasteiger partial charge in [0.15, 0.2) is 5.82 Å². The van der Waals surface area contributed by atoms with Crippen LogP contribution in [0.3, 0.4) is 0 Å². The number of hydrogen-bond donors (Lipinski definition) is 2. The molecule has 1 aromatic carbocycles. The minimum Gasteiger partial charge on any atom is -0.375 e. The van der Waals surface area contributed by atoms with Crippen molar-refractivity contribution in [1.29, 1.82) is 0 Å². The summed E-state index contributed by atoms with van der Waals surface area (Å²) in [6.07, 6.45) is 0.964. The topological polar surface area (TPSA) is 54.8 Å². The van der Waals surface area contributed by atoms with E-state index < -0.39 is 0 Å². The van der Waals surface area contributed by atoms with E-state index in [4.69, 9.17) is 0 Å². The highest BCUT2D eigenvalue weighted by Gasteiger charge is 2.25. The molecular formula is C12H15N5. The molecule has 5 nitrogen and oxygen atoms in total.